The average molecular weight is 396 g/mol. The molecule has 0 bridgehead atoms. The van der Waals surface area contributed by atoms with E-state index in [4.69, 9.17) is 4.42 Å². The van der Waals surface area contributed by atoms with Crippen molar-refractivity contribution in [2.24, 2.45) is 0 Å². The van der Waals surface area contributed by atoms with Gasteiger partial charge < -0.3 is 9.73 Å². The van der Waals surface area contributed by atoms with Crippen molar-refractivity contribution in [1.82, 2.24) is 0 Å². The number of nitrogens with one attached hydrogen (secondary N) is 1. The first-order valence-electron chi connectivity index (χ1n) is 8.67. The minimum absolute atomic E-state index is 0.0803. The van der Waals surface area contributed by atoms with E-state index < -0.39 is 0 Å². The van der Waals surface area contributed by atoms with E-state index in [1.807, 2.05) is 18.2 Å². The number of amides is 2. The maximum Gasteiger partial charge on any atom is 0.291 e. The number of carbonyl (C=O) groups is 2. The fraction of sp³-hybridized carbons (Fsp3) is 0.143. The first kappa shape index (κ1) is 18.3. The third kappa shape index (κ3) is 3.53. The number of carbonyl (C=O) groups excluding carboxylic acids is 2. The number of thioether (sulfide) groups is 1. The van der Waals surface area contributed by atoms with E-state index in [1.165, 1.54) is 24.1 Å². The number of hydrogen-bond acceptors (Lipinski definition) is 4. The van der Waals surface area contributed by atoms with Gasteiger partial charge in [-0.3, -0.25) is 14.5 Å². The maximum absolute atomic E-state index is 14.0. The third-order valence-corrected chi connectivity index (χ3v) is 5.69. The van der Waals surface area contributed by atoms with Crippen molar-refractivity contribution in [1.29, 1.82) is 0 Å². The van der Waals surface area contributed by atoms with E-state index in [1.54, 1.807) is 42.2 Å². The summed E-state index contributed by atoms with van der Waals surface area (Å²) in [6, 6.07) is 15.3. The van der Waals surface area contributed by atoms with E-state index in [0.717, 1.165) is 5.56 Å². The molecule has 1 aliphatic heterocycles. The van der Waals surface area contributed by atoms with Crippen molar-refractivity contribution in [3.8, 4) is 0 Å². The SMILES string of the molecule is Cc1ccc(N2C(=O)CS[C@@H]2c2cccc(NC(=O)c3ccco3)c2)cc1F. The lowest BCUT2D eigenvalue weighted by Crippen LogP contribution is -2.28. The number of anilines is 2. The van der Waals surface area contributed by atoms with E-state index in [-0.39, 0.29) is 28.8 Å². The van der Waals surface area contributed by atoms with Crippen LogP contribution in [0.25, 0.3) is 0 Å². The molecule has 4 rings (SSSR count). The second-order valence-electron chi connectivity index (χ2n) is 6.42. The normalized spacial score (nSPS) is 16.4. The molecule has 1 N–H and O–H groups in total. The number of nitrogens with zero attached hydrogens (tertiary/aromatic N) is 1. The van der Waals surface area contributed by atoms with Crippen LogP contribution < -0.4 is 10.2 Å². The molecule has 0 aliphatic carbocycles. The molecule has 0 radical (unpaired) electrons. The van der Waals surface area contributed by atoms with Crippen molar-refractivity contribution >= 4 is 35.0 Å². The zero-order chi connectivity index (χ0) is 19.7. The highest BCUT2D eigenvalue weighted by molar-refractivity contribution is 8.00. The van der Waals surface area contributed by atoms with Crippen LogP contribution >= 0.6 is 11.8 Å². The third-order valence-electron chi connectivity index (χ3n) is 4.48. The molecule has 2 heterocycles. The van der Waals surface area contributed by atoms with Crippen LogP contribution in [0.4, 0.5) is 15.8 Å². The van der Waals surface area contributed by atoms with E-state index in [9.17, 15) is 14.0 Å². The Hall–Kier alpha value is -3.06. The lowest BCUT2D eigenvalue weighted by molar-refractivity contribution is -0.115. The van der Waals surface area contributed by atoms with Crippen LogP contribution in [0, 0.1) is 12.7 Å². The quantitative estimate of drug-likeness (QED) is 0.691. The number of furan rings is 1. The molecule has 0 unspecified atom stereocenters. The molecular weight excluding hydrogens is 379 g/mol. The van der Waals surface area contributed by atoms with E-state index in [2.05, 4.69) is 5.32 Å². The number of halogens is 1. The van der Waals surface area contributed by atoms with Gasteiger partial charge in [0.1, 0.15) is 11.2 Å². The van der Waals surface area contributed by atoms with Crippen molar-refractivity contribution < 1.29 is 18.4 Å². The lowest BCUT2D eigenvalue weighted by Gasteiger charge is -2.25. The van der Waals surface area contributed by atoms with Crippen LogP contribution in [0.5, 0.6) is 0 Å². The molecular formula is C21H17FN2O3S. The minimum atomic E-state index is -0.352. The Kier molecular flexibility index (Phi) is 4.92. The van der Waals surface area contributed by atoms with Gasteiger partial charge in [0.15, 0.2) is 5.76 Å². The Bertz CT molecular complexity index is 1040. The van der Waals surface area contributed by atoms with Crippen LogP contribution in [-0.2, 0) is 4.79 Å². The zero-order valence-electron chi connectivity index (χ0n) is 15.0. The largest absolute Gasteiger partial charge is 0.459 e. The summed E-state index contributed by atoms with van der Waals surface area (Å²) in [5.74, 6) is -0.255. The smallest absolute Gasteiger partial charge is 0.291 e. The molecule has 0 saturated carbocycles. The number of benzene rings is 2. The summed E-state index contributed by atoms with van der Waals surface area (Å²) in [5.41, 5.74) is 2.48. The highest BCUT2D eigenvalue weighted by Crippen LogP contribution is 2.42. The number of hydrogen-bond donors (Lipinski definition) is 1. The Morgan fingerprint density at radius 1 is 1.21 bits per heavy atom. The molecule has 28 heavy (non-hydrogen) atoms. The predicted octanol–water partition coefficient (Wildman–Crippen LogP) is 4.76. The maximum atomic E-state index is 14.0. The van der Waals surface area contributed by atoms with Gasteiger partial charge in [-0.05, 0) is 54.4 Å². The molecule has 3 aromatic rings. The molecule has 2 aromatic carbocycles. The molecule has 1 fully saturated rings. The molecule has 1 atom stereocenters. The van der Waals surface area contributed by atoms with Gasteiger partial charge in [0.2, 0.25) is 5.91 Å². The summed E-state index contributed by atoms with van der Waals surface area (Å²) in [5, 5.41) is 2.49. The van der Waals surface area contributed by atoms with Gasteiger partial charge in [0.25, 0.3) is 5.91 Å². The molecule has 1 aliphatic rings. The standard InChI is InChI=1S/C21H17FN2O3S/c1-13-7-8-16(11-17(13)22)24-19(25)12-28-21(24)14-4-2-5-15(10-14)23-20(26)18-6-3-9-27-18/h2-11,21H,12H2,1H3,(H,23,26)/t21-/m1/s1. The average Bonchev–Trinajstić information content (AvgIpc) is 3.34. The van der Waals surface area contributed by atoms with E-state index >= 15 is 0 Å². The zero-order valence-corrected chi connectivity index (χ0v) is 15.8. The topological polar surface area (TPSA) is 62.6 Å². The van der Waals surface area contributed by atoms with Crippen LogP contribution in [0.15, 0.2) is 65.3 Å². The van der Waals surface area contributed by atoms with Crippen molar-refractivity contribution in [2.75, 3.05) is 16.0 Å². The van der Waals surface area contributed by atoms with E-state index in [0.29, 0.717) is 22.7 Å². The van der Waals surface area contributed by atoms with Crippen LogP contribution in [0.2, 0.25) is 0 Å². The summed E-state index contributed by atoms with van der Waals surface area (Å²) in [7, 11) is 0. The first-order valence-corrected chi connectivity index (χ1v) is 9.72. The monoisotopic (exact) mass is 396 g/mol. The Labute approximate surface area is 165 Å². The summed E-state index contributed by atoms with van der Waals surface area (Å²) < 4.78 is 19.1. The Balaban J connectivity index is 1.61. The highest BCUT2D eigenvalue weighted by atomic mass is 32.2. The van der Waals surface area contributed by atoms with Gasteiger partial charge in [0, 0.05) is 11.4 Å². The second kappa shape index (κ2) is 7.52. The van der Waals surface area contributed by atoms with Gasteiger partial charge >= 0.3 is 0 Å². The summed E-state index contributed by atoms with van der Waals surface area (Å²) >= 11 is 1.46. The predicted molar refractivity (Wildman–Crippen MR) is 107 cm³/mol. The number of rotatable bonds is 4. The molecule has 142 valence electrons. The van der Waals surface area contributed by atoms with Gasteiger partial charge in [-0.25, -0.2) is 4.39 Å². The summed E-state index contributed by atoms with van der Waals surface area (Å²) in [6.45, 7) is 1.68. The Morgan fingerprint density at radius 2 is 2.07 bits per heavy atom. The fourth-order valence-corrected chi connectivity index (χ4v) is 4.22. The van der Waals surface area contributed by atoms with Gasteiger partial charge in [0.05, 0.1) is 12.0 Å². The lowest BCUT2D eigenvalue weighted by atomic mass is 10.1. The van der Waals surface area contributed by atoms with Crippen molar-refractivity contribution in [3.63, 3.8) is 0 Å². The number of aryl methyl sites for hydroxylation is 1. The molecule has 1 aromatic heterocycles. The van der Waals surface area contributed by atoms with Gasteiger partial charge in [-0.15, -0.1) is 11.8 Å². The van der Waals surface area contributed by atoms with Crippen LogP contribution in [-0.4, -0.2) is 17.6 Å². The van der Waals surface area contributed by atoms with Crippen LogP contribution in [0.1, 0.15) is 27.1 Å². The molecule has 2 amide bonds. The highest BCUT2D eigenvalue weighted by Gasteiger charge is 2.34. The molecule has 5 nitrogen and oxygen atoms in total. The fourth-order valence-electron chi connectivity index (χ4n) is 3.05. The molecule has 7 heteroatoms. The summed E-state index contributed by atoms with van der Waals surface area (Å²) in [4.78, 5) is 26.3. The molecule has 1 saturated heterocycles. The van der Waals surface area contributed by atoms with Gasteiger partial charge in [-0.1, -0.05) is 18.2 Å². The molecule has 0 spiro atoms. The van der Waals surface area contributed by atoms with Crippen LogP contribution in [0.3, 0.4) is 0 Å². The first-order chi connectivity index (χ1) is 13.5. The summed E-state index contributed by atoms with van der Waals surface area (Å²) in [6.07, 6.45) is 1.44. The van der Waals surface area contributed by atoms with Crippen molar-refractivity contribution in [2.45, 2.75) is 12.3 Å². The Morgan fingerprint density at radius 3 is 2.82 bits per heavy atom. The minimum Gasteiger partial charge on any atom is -0.459 e. The second-order valence-corrected chi connectivity index (χ2v) is 7.49. The van der Waals surface area contributed by atoms with Gasteiger partial charge in [-0.2, -0.15) is 0 Å². The van der Waals surface area contributed by atoms with Crippen molar-refractivity contribution in [3.05, 3.63) is 83.6 Å².